The van der Waals surface area contributed by atoms with Crippen LogP contribution in [0, 0.1) is 11.8 Å². The minimum atomic E-state index is -4.29. The summed E-state index contributed by atoms with van der Waals surface area (Å²) in [6.07, 6.45) is -4.86. The number of halogens is 3. The molecule has 1 fully saturated rings. The molecule has 0 aromatic carbocycles. The first-order valence-electron chi connectivity index (χ1n) is 6.44. The molecular weight excluding hydrogens is 281 g/mol. The van der Waals surface area contributed by atoms with E-state index in [2.05, 4.69) is 10.0 Å². The fourth-order valence-electron chi connectivity index (χ4n) is 2.14. The Morgan fingerprint density at radius 3 is 2.63 bits per heavy atom. The lowest BCUT2D eigenvalue weighted by molar-refractivity contribution is -0.134. The zero-order chi connectivity index (χ0) is 14.5. The van der Waals surface area contributed by atoms with Gasteiger partial charge in [-0.3, -0.25) is 0 Å². The first-order valence-corrected chi connectivity index (χ1v) is 8.09. The normalized spacial score (nSPS) is 25.5. The summed E-state index contributed by atoms with van der Waals surface area (Å²) >= 11 is 0. The second-order valence-electron chi connectivity index (χ2n) is 5.12. The highest BCUT2D eigenvalue weighted by molar-refractivity contribution is 7.89. The van der Waals surface area contributed by atoms with E-state index < -0.39 is 28.4 Å². The largest absolute Gasteiger partial charge is 0.389 e. The molecule has 0 aliphatic carbocycles. The van der Waals surface area contributed by atoms with Gasteiger partial charge in [0.15, 0.2) is 0 Å². The van der Waals surface area contributed by atoms with Crippen LogP contribution in [0.25, 0.3) is 0 Å². The monoisotopic (exact) mass is 302 g/mol. The highest BCUT2D eigenvalue weighted by Crippen LogP contribution is 2.21. The van der Waals surface area contributed by atoms with Gasteiger partial charge in [-0.1, -0.05) is 6.92 Å². The van der Waals surface area contributed by atoms with Gasteiger partial charge in [-0.2, -0.15) is 13.2 Å². The standard InChI is InChI=1S/C11H21F3N2O2S/c1-9-7-15-5-3-10(9)8-16-19(17,18)6-2-4-11(12,13)14/h9-10,15-16H,2-8H2,1H3. The van der Waals surface area contributed by atoms with Crippen LogP contribution >= 0.6 is 0 Å². The molecule has 0 saturated carbocycles. The van der Waals surface area contributed by atoms with E-state index in [1.807, 2.05) is 6.92 Å². The van der Waals surface area contributed by atoms with E-state index in [1.165, 1.54) is 0 Å². The van der Waals surface area contributed by atoms with Crippen molar-refractivity contribution in [2.24, 2.45) is 11.8 Å². The van der Waals surface area contributed by atoms with E-state index in [4.69, 9.17) is 0 Å². The molecule has 0 amide bonds. The third-order valence-corrected chi connectivity index (χ3v) is 4.83. The van der Waals surface area contributed by atoms with E-state index in [-0.39, 0.29) is 12.3 Å². The smallest absolute Gasteiger partial charge is 0.316 e. The van der Waals surface area contributed by atoms with Crippen LogP contribution in [-0.2, 0) is 10.0 Å². The summed E-state index contributed by atoms with van der Waals surface area (Å²) in [6.45, 7) is 4.05. The number of alkyl halides is 3. The predicted octanol–water partition coefficient (Wildman–Crippen LogP) is 1.49. The van der Waals surface area contributed by atoms with Crippen molar-refractivity contribution in [2.75, 3.05) is 25.4 Å². The summed E-state index contributed by atoms with van der Waals surface area (Å²) in [5, 5.41) is 3.21. The maximum absolute atomic E-state index is 11.9. The van der Waals surface area contributed by atoms with E-state index >= 15 is 0 Å². The van der Waals surface area contributed by atoms with Crippen molar-refractivity contribution in [2.45, 2.75) is 32.4 Å². The predicted molar refractivity (Wildman–Crippen MR) is 67.2 cm³/mol. The topological polar surface area (TPSA) is 58.2 Å². The molecule has 0 bridgehead atoms. The van der Waals surface area contributed by atoms with E-state index in [9.17, 15) is 21.6 Å². The molecule has 2 atom stereocenters. The lowest BCUT2D eigenvalue weighted by Crippen LogP contribution is -2.41. The van der Waals surface area contributed by atoms with E-state index in [0.29, 0.717) is 12.5 Å². The molecule has 114 valence electrons. The molecule has 0 radical (unpaired) electrons. The quantitative estimate of drug-likeness (QED) is 0.781. The first kappa shape index (κ1) is 16.7. The Morgan fingerprint density at radius 2 is 2.05 bits per heavy atom. The Kier molecular flexibility index (Phi) is 6.07. The number of nitrogens with one attached hydrogen (secondary N) is 2. The minimum Gasteiger partial charge on any atom is -0.316 e. The average Bonchev–Trinajstić information content (AvgIpc) is 2.26. The average molecular weight is 302 g/mol. The minimum absolute atomic E-state index is 0.249. The molecular formula is C11H21F3N2O2S. The molecule has 8 heteroatoms. The highest BCUT2D eigenvalue weighted by Gasteiger charge is 2.28. The Hall–Kier alpha value is -0.340. The van der Waals surface area contributed by atoms with E-state index in [1.54, 1.807) is 0 Å². The van der Waals surface area contributed by atoms with Gasteiger partial charge in [-0.15, -0.1) is 0 Å². The van der Waals surface area contributed by atoms with Crippen molar-refractivity contribution in [1.82, 2.24) is 10.0 Å². The van der Waals surface area contributed by atoms with Gasteiger partial charge in [-0.25, -0.2) is 13.1 Å². The van der Waals surface area contributed by atoms with Crippen LogP contribution in [0.5, 0.6) is 0 Å². The molecule has 0 aromatic rings. The molecule has 1 heterocycles. The van der Waals surface area contributed by atoms with Crippen LogP contribution in [0.4, 0.5) is 13.2 Å². The van der Waals surface area contributed by atoms with Gasteiger partial charge < -0.3 is 5.32 Å². The molecule has 1 aliphatic heterocycles. The second-order valence-corrected chi connectivity index (χ2v) is 7.04. The highest BCUT2D eigenvalue weighted by atomic mass is 32.2. The summed E-state index contributed by atoms with van der Waals surface area (Å²) in [4.78, 5) is 0. The van der Waals surface area contributed by atoms with Gasteiger partial charge in [0.2, 0.25) is 10.0 Å². The number of hydrogen-bond acceptors (Lipinski definition) is 3. The maximum atomic E-state index is 11.9. The van der Waals surface area contributed by atoms with Crippen molar-refractivity contribution in [3.63, 3.8) is 0 Å². The van der Waals surface area contributed by atoms with Crippen molar-refractivity contribution in [3.05, 3.63) is 0 Å². The van der Waals surface area contributed by atoms with Gasteiger partial charge in [0, 0.05) is 13.0 Å². The van der Waals surface area contributed by atoms with Crippen molar-refractivity contribution in [3.8, 4) is 0 Å². The molecule has 4 nitrogen and oxygen atoms in total. The van der Waals surface area contributed by atoms with Crippen LogP contribution in [0.3, 0.4) is 0 Å². The molecule has 1 rings (SSSR count). The number of sulfonamides is 1. The van der Waals surface area contributed by atoms with E-state index in [0.717, 1.165) is 19.5 Å². The summed E-state index contributed by atoms with van der Waals surface area (Å²) in [7, 11) is -3.60. The van der Waals surface area contributed by atoms with Crippen LogP contribution in [-0.4, -0.2) is 40.0 Å². The van der Waals surface area contributed by atoms with Crippen LogP contribution in [0.1, 0.15) is 26.2 Å². The lowest BCUT2D eigenvalue weighted by atomic mass is 9.88. The van der Waals surface area contributed by atoms with Gasteiger partial charge in [0.05, 0.1) is 5.75 Å². The summed E-state index contributed by atoms with van der Waals surface area (Å²) < 4.78 is 61.4. The summed E-state index contributed by atoms with van der Waals surface area (Å²) in [5.74, 6) is 0.150. The maximum Gasteiger partial charge on any atom is 0.389 e. The molecule has 1 saturated heterocycles. The molecule has 2 unspecified atom stereocenters. The van der Waals surface area contributed by atoms with Crippen molar-refractivity contribution in [1.29, 1.82) is 0 Å². The Labute approximate surface area is 112 Å². The van der Waals surface area contributed by atoms with Crippen LogP contribution in [0.2, 0.25) is 0 Å². The third-order valence-electron chi connectivity index (χ3n) is 3.40. The molecule has 1 aliphatic rings. The number of piperidine rings is 1. The number of hydrogen-bond donors (Lipinski definition) is 2. The molecule has 0 spiro atoms. The van der Waals surface area contributed by atoms with Gasteiger partial charge >= 0.3 is 6.18 Å². The molecule has 2 N–H and O–H groups in total. The van der Waals surface area contributed by atoms with Crippen LogP contribution < -0.4 is 10.0 Å². The Balaban J connectivity index is 2.30. The van der Waals surface area contributed by atoms with Crippen molar-refractivity contribution >= 4 is 10.0 Å². The molecule has 19 heavy (non-hydrogen) atoms. The second kappa shape index (κ2) is 6.90. The number of rotatable bonds is 6. The van der Waals surface area contributed by atoms with Gasteiger partial charge in [0.1, 0.15) is 0 Å². The van der Waals surface area contributed by atoms with Crippen LogP contribution in [0.15, 0.2) is 0 Å². The lowest BCUT2D eigenvalue weighted by Gasteiger charge is -2.29. The van der Waals surface area contributed by atoms with Gasteiger partial charge in [-0.05, 0) is 37.8 Å². The fourth-order valence-corrected chi connectivity index (χ4v) is 3.28. The van der Waals surface area contributed by atoms with Crippen molar-refractivity contribution < 1.29 is 21.6 Å². The third kappa shape index (κ3) is 7.12. The first-order chi connectivity index (χ1) is 8.70. The summed E-state index contributed by atoms with van der Waals surface area (Å²) in [6, 6.07) is 0. The Morgan fingerprint density at radius 1 is 1.37 bits per heavy atom. The SMILES string of the molecule is CC1CNCCC1CNS(=O)(=O)CCCC(F)(F)F. The fraction of sp³-hybridized carbons (Fsp3) is 1.00. The molecule has 0 aromatic heterocycles. The summed E-state index contributed by atoms with van der Waals surface area (Å²) in [5.41, 5.74) is 0. The zero-order valence-electron chi connectivity index (χ0n) is 11.0. The van der Waals surface area contributed by atoms with Gasteiger partial charge in [0.25, 0.3) is 0 Å². The zero-order valence-corrected chi connectivity index (χ0v) is 11.8. The Bertz CT molecular complexity index is 371.